The summed E-state index contributed by atoms with van der Waals surface area (Å²) in [6, 6.07) is 12.6. The van der Waals surface area contributed by atoms with Crippen LogP contribution in [0.1, 0.15) is 28.5 Å². The number of aromatic nitrogens is 1. The fourth-order valence-corrected chi connectivity index (χ4v) is 3.32. The molecule has 0 aliphatic heterocycles. The zero-order valence-corrected chi connectivity index (χ0v) is 16.0. The van der Waals surface area contributed by atoms with E-state index in [0.29, 0.717) is 21.9 Å². The third kappa shape index (κ3) is 3.41. The van der Waals surface area contributed by atoms with E-state index in [-0.39, 0.29) is 12.3 Å². The van der Waals surface area contributed by atoms with Gasteiger partial charge in [0.25, 0.3) is 5.56 Å². The minimum atomic E-state index is -1.28. The smallest absolute Gasteiger partial charge is 0.353 e. The van der Waals surface area contributed by atoms with Crippen LogP contribution in [0.2, 0.25) is 0 Å². The van der Waals surface area contributed by atoms with Gasteiger partial charge in [-0.15, -0.1) is 0 Å². The number of esters is 1. The van der Waals surface area contributed by atoms with Crippen molar-refractivity contribution in [3.05, 3.63) is 69.6 Å². The van der Waals surface area contributed by atoms with Crippen LogP contribution in [0.4, 0.5) is 0 Å². The molecule has 0 spiro atoms. The third-order valence-corrected chi connectivity index (χ3v) is 4.74. The molecule has 0 bridgehead atoms. The summed E-state index contributed by atoms with van der Waals surface area (Å²) in [6.07, 6.45) is 0. The van der Waals surface area contributed by atoms with E-state index >= 15 is 0 Å². The van der Waals surface area contributed by atoms with Gasteiger partial charge in [-0.2, -0.15) is 0 Å². The van der Waals surface area contributed by atoms with Crippen molar-refractivity contribution in [2.45, 2.75) is 27.3 Å². The second-order valence-corrected chi connectivity index (χ2v) is 6.57. The summed E-state index contributed by atoms with van der Waals surface area (Å²) in [7, 11) is 0. The number of carbonyl (C=O) groups is 2. The highest BCUT2D eigenvalue weighted by atomic mass is 16.5. The van der Waals surface area contributed by atoms with Crippen LogP contribution >= 0.6 is 0 Å². The van der Waals surface area contributed by atoms with Crippen molar-refractivity contribution in [3.63, 3.8) is 0 Å². The molecule has 0 radical (unpaired) electrons. The molecule has 0 aliphatic rings. The van der Waals surface area contributed by atoms with Gasteiger partial charge in [0.1, 0.15) is 12.2 Å². The van der Waals surface area contributed by atoms with Crippen LogP contribution in [0.25, 0.3) is 21.9 Å². The number of ether oxygens (including phenoxy) is 1. The monoisotopic (exact) mass is 379 g/mol. The van der Waals surface area contributed by atoms with Crippen LogP contribution < -0.4 is 5.56 Å². The van der Waals surface area contributed by atoms with Crippen molar-refractivity contribution in [1.29, 1.82) is 0 Å². The third-order valence-electron chi connectivity index (χ3n) is 4.74. The normalized spacial score (nSPS) is 10.8. The fourth-order valence-electron chi connectivity index (χ4n) is 3.32. The lowest BCUT2D eigenvalue weighted by atomic mass is 9.94. The van der Waals surface area contributed by atoms with E-state index < -0.39 is 24.0 Å². The molecule has 144 valence electrons. The number of nitrogens with zero attached hydrogens (tertiary/aromatic N) is 1. The largest absolute Gasteiger partial charge is 0.477 e. The summed E-state index contributed by atoms with van der Waals surface area (Å²) in [5.41, 5.74) is 2.18. The SMILES string of the molecule is CCOC(=O)Cn1c(C(=O)O)c(-c2ccccc2)c2cc(C)c(C)cc2c1=O. The molecule has 0 aliphatic carbocycles. The maximum absolute atomic E-state index is 13.1. The molecular weight excluding hydrogens is 358 g/mol. The molecule has 0 saturated heterocycles. The first-order chi connectivity index (χ1) is 13.3. The van der Waals surface area contributed by atoms with E-state index in [1.807, 2.05) is 26.0 Å². The molecule has 28 heavy (non-hydrogen) atoms. The van der Waals surface area contributed by atoms with Gasteiger partial charge < -0.3 is 9.84 Å². The molecule has 6 heteroatoms. The molecule has 0 saturated carbocycles. The lowest BCUT2D eigenvalue weighted by Crippen LogP contribution is -2.31. The van der Waals surface area contributed by atoms with E-state index in [4.69, 9.17) is 4.74 Å². The van der Waals surface area contributed by atoms with Gasteiger partial charge in [0.2, 0.25) is 0 Å². The standard InChI is InChI=1S/C22H21NO5/c1-4-28-18(24)12-23-20(22(26)27)19(15-8-6-5-7-9-15)16-10-13(2)14(3)11-17(16)21(23)25/h5-11H,4,12H2,1-3H3,(H,26,27). The van der Waals surface area contributed by atoms with Crippen molar-refractivity contribution in [1.82, 2.24) is 4.57 Å². The van der Waals surface area contributed by atoms with Crippen molar-refractivity contribution >= 4 is 22.7 Å². The van der Waals surface area contributed by atoms with Gasteiger partial charge in [-0.05, 0) is 48.9 Å². The number of fused-ring (bicyclic) bond motifs is 1. The Morgan fingerprint density at radius 1 is 1.04 bits per heavy atom. The van der Waals surface area contributed by atoms with Gasteiger partial charge in [-0.1, -0.05) is 36.4 Å². The lowest BCUT2D eigenvalue weighted by Gasteiger charge is -2.18. The van der Waals surface area contributed by atoms with Crippen LogP contribution in [-0.2, 0) is 16.1 Å². The topological polar surface area (TPSA) is 85.6 Å². The number of carbonyl (C=O) groups excluding carboxylic acids is 1. The first-order valence-electron chi connectivity index (χ1n) is 8.97. The molecular formula is C22H21NO5. The Morgan fingerprint density at radius 2 is 1.64 bits per heavy atom. The molecule has 0 unspecified atom stereocenters. The van der Waals surface area contributed by atoms with Crippen LogP contribution in [0, 0.1) is 13.8 Å². The van der Waals surface area contributed by atoms with E-state index in [1.54, 1.807) is 37.3 Å². The number of pyridine rings is 1. The van der Waals surface area contributed by atoms with Gasteiger partial charge >= 0.3 is 11.9 Å². The number of hydrogen-bond donors (Lipinski definition) is 1. The van der Waals surface area contributed by atoms with E-state index in [1.165, 1.54) is 0 Å². The molecule has 3 aromatic rings. The van der Waals surface area contributed by atoms with Crippen LogP contribution in [-0.4, -0.2) is 28.2 Å². The Labute approximate surface area is 162 Å². The Balaban J connectivity index is 2.49. The maximum atomic E-state index is 13.1. The van der Waals surface area contributed by atoms with E-state index in [0.717, 1.165) is 15.7 Å². The summed E-state index contributed by atoms with van der Waals surface area (Å²) in [4.78, 5) is 37.4. The molecule has 0 atom stereocenters. The van der Waals surface area contributed by atoms with Crippen molar-refractivity contribution in [2.24, 2.45) is 0 Å². The number of hydrogen-bond acceptors (Lipinski definition) is 4. The highest BCUT2D eigenvalue weighted by Crippen LogP contribution is 2.32. The van der Waals surface area contributed by atoms with E-state index in [9.17, 15) is 19.5 Å². The van der Waals surface area contributed by atoms with Crippen molar-refractivity contribution < 1.29 is 19.4 Å². The average Bonchev–Trinajstić information content (AvgIpc) is 2.66. The van der Waals surface area contributed by atoms with Gasteiger partial charge in [0.15, 0.2) is 0 Å². The summed E-state index contributed by atoms with van der Waals surface area (Å²) in [6.45, 7) is 5.14. The summed E-state index contributed by atoms with van der Waals surface area (Å²) in [5.74, 6) is -1.94. The highest BCUT2D eigenvalue weighted by molar-refractivity contribution is 6.06. The second-order valence-electron chi connectivity index (χ2n) is 6.57. The van der Waals surface area contributed by atoms with Gasteiger partial charge in [0, 0.05) is 10.9 Å². The summed E-state index contributed by atoms with van der Waals surface area (Å²) in [5, 5.41) is 10.9. The first-order valence-corrected chi connectivity index (χ1v) is 8.97. The molecule has 1 aromatic heterocycles. The Morgan fingerprint density at radius 3 is 2.21 bits per heavy atom. The predicted octanol–water partition coefficient (Wildman–Crippen LogP) is 3.55. The summed E-state index contributed by atoms with van der Waals surface area (Å²) >= 11 is 0. The summed E-state index contributed by atoms with van der Waals surface area (Å²) < 4.78 is 5.94. The van der Waals surface area contributed by atoms with E-state index in [2.05, 4.69) is 0 Å². The lowest BCUT2D eigenvalue weighted by molar-refractivity contribution is -0.143. The molecule has 0 fully saturated rings. The number of carboxylic acid groups (broad SMARTS) is 1. The minimum absolute atomic E-state index is 0.146. The molecule has 0 amide bonds. The number of benzene rings is 2. The minimum Gasteiger partial charge on any atom is -0.477 e. The maximum Gasteiger partial charge on any atom is 0.353 e. The molecule has 6 nitrogen and oxygen atoms in total. The Hall–Kier alpha value is -3.41. The number of rotatable bonds is 5. The van der Waals surface area contributed by atoms with Gasteiger partial charge in [-0.25, -0.2) is 4.79 Å². The Bertz CT molecular complexity index is 1130. The fraction of sp³-hybridized carbons (Fsp3) is 0.227. The van der Waals surface area contributed by atoms with Gasteiger partial charge in [-0.3, -0.25) is 14.2 Å². The first kappa shape index (κ1) is 19.4. The quantitative estimate of drug-likeness (QED) is 0.685. The van der Waals surface area contributed by atoms with Crippen molar-refractivity contribution in [3.8, 4) is 11.1 Å². The van der Waals surface area contributed by atoms with Gasteiger partial charge in [0.05, 0.1) is 6.61 Å². The van der Waals surface area contributed by atoms with Crippen LogP contribution in [0.15, 0.2) is 47.3 Å². The van der Waals surface area contributed by atoms with Crippen LogP contribution in [0.3, 0.4) is 0 Å². The second kappa shape index (κ2) is 7.68. The number of carboxylic acids is 1. The van der Waals surface area contributed by atoms with Crippen molar-refractivity contribution in [2.75, 3.05) is 6.61 Å². The molecule has 1 N–H and O–H groups in total. The highest BCUT2D eigenvalue weighted by Gasteiger charge is 2.24. The molecule has 3 rings (SSSR count). The van der Waals surface area contributed by atoms with Crippen LogP contribution in [0.5, 0.6) is 0 Å². The number of aryl methyl sites for hydroxylation is 2. The zero-order valence-electron chi connectivity index (χ0n) is 16.0. The Kier molecular flexibility index (Phi) is 5.31. The molecule has 1 heterocycles. The number of aromatic carboxylic acids is 1. The zero-order chi connectivity index (χ0) is 20.4. The predicted molar refractivity (Wildman–Crippen MR) is 107 cm³/mol. The molecule has 2 aromatic carbocycles. The average molecular weight is 379 g/mol.